The molecule has 0 fully saturated rings. The number of hydrogen-bond donors (Lipinski definition) is 2. The van der Waals surface area contributed by atoms with Gasteiger partial charge in [0.25, 0.3) is 0 Å². The lowest BCUT2D eigenvalue weighted by Crippen LogP contribution is -2.41. The molecule has 8 nitrogen and oxygen atoms in total. The summed E-state index contributed by atoms with van der Waals surface area (Å²) in [5.41, 5.74) is 4.94. The van der Waals surface area contributed by atoms with Crippen LogP contribution in [0.3, 0.4) is 0 Å². The fourth-order valence-electron chi connectivity index (χ4n) is 1.46. The molecular formula is C11H10ClN3O5S. The van der Waals surface area contributed by atoms with Gasteiger partial charge < -0.3 is 10.8 Å². The molecule has 0 heterocycles. The van der Waals surface area contributed by atoms with Gasteiger partial charge in [-0.1, -0.05) is 11.6 Å². The summed E-state index contributed by atoms with van der Waals surface area (Å²) in [5, 5.41) is 17.3. The van der Waals surface area contributed by atoms with Crippen LogP contribution in [0.4, 0.5) is 0 Å². The fourth-order valence-corrected chi connectivity index (χ4v) is 3.32. The second-order valence-electron chi connectivity index (χ2n) is 3.89. The van der Waals surface area contributed by atoms with Crippen LogP contribution < -0.4 is 5.73 Å². The molecule has 0 saturated heterocycles. The first kappa shape index (κ1) is 16.9. The lowest BCUT2D eigenvalue weighted by Gasteiger charge is -2.19. The van der Waals surface area contributed by atoms with Gasteiger partial charge in [0.05, 0.1) is 23.2 Å². The molecule has 1 rings (SSSR count). The zero-order valence-electron chi connectivity index (χ0n) is 10.5. The third-order valence-electron chi connectivity index (χ3n) is 2.32. The molecule has 0 atom stereocenters. The van der Waals surface area contributed by atoms with Gasteiger partial charge in [-0.2, -0.15) is 9.57 Å². The fraction of sp³-hybridized carbons (Fsp3) is 0.182. The number of rotatable bonds is 6. The highest BCUT2D eigenvalue weighted by molar-refractivity contribution is 7.89. The zero-order valence-corrected chi connectivity index (χ0v) is 12.1. The Hall–Kier alpha value is -2.15. The van der Waals surface area contributed by atoms with Crippen LogP contribution in [0.1, 0.15) is 5.56 Å². The number of nitrogens with zero attached hydrogens (tertiary/aromatic N) is 2. The van der Waals surface area contributed by atoms with Gasteiger partial charge in [-0.3, -0.25) is 9.59 Å². The van der Waals surface area contributed by atoms with E-state index in [9.17, 15) is 18.0 Å². The van der Waals surface area contributed by atoms with E-state index in [-0.39, 0.29) is 10.6 Å². The van der Waals surface area contributed by atoms with Gasteiger partial charge in [0.15, 0.2) is 0 Å². The van der Waals surface area contributed by atoms with Crippen LogP contribution in [0.5, 0.6) is 0 Å². The van der Waals surface area contributed by atoms with Crippen molar-refractivity contribution in [1.82, 2.24) is 4.31 Å². The molecule has 1 amide bonds. The summed E-state index contributed by atoms with van der Waals surface area (Å²) >= 11 is 5.78. The van der Waals surface area contributed by atoms with Gasteiger partial charge in [-0.25, -0.2) is 8.42 Å². The molecule has 0 spiro atoms. The third-order valence-corrected chi connectivity index (χ3v) is 4.60. The second kappa shape index (κ2) is 6.53. The number of amides is 1. The summed E-state index contributed by atoms with van der Waals surface area (Å²) in [7, 11) is -4.39. The number of primary amides is 1. The van der Waals surface area contributed by atoms with Crippen molar-refractivity contribution in [1.29, 1.82) is 5.26 Å². The molecule has 0 saturated carbocycles. The average molecular weight is 332 g/mol. The van der Waals surface area contributed by atoms with Crippen LogP contribution in [-0.2, 0) is 19.6 Å². The van der Waals surface area contributed by atoms with Crippen LogP contribution in [-0.4, -0.2) is 42.8 Å². The number of halogens is 1. The van der Waals surface area contributed by atoms with Crippen molar-refractivity contribution in [2.45, 2.75) is 4.90 Å². The highest BCUT2D eigenvalue weighted by atomic mass is 35.5. The smallest absolute Gasteiger partial charge is 0.318 e. The molecule has 1 aromatic carbocycles. The Kier molecular flexibility index (Phi) is 5.26. The van der Waals surface area contributed by atoms with Crippen molar-refractivity contribution in [3.63, 3.8) is 0 Å². The lowest BCUT2D eigenvalue weighted by atomic mass is 10.2. The number of hydrogen-bond acceptors (Lipinski definition) is 5. The molecule has 0 unspecified atom stereocenters. The molecule has 1 aromatic rings. The zero-order chi connectivity index (χ0) is 16.2. The predicted octanol–water partition coefficient (Wildman–Crippen LogP) is -0.228. The van der Waals surface area contributed by atoms with Crippen LogP contribution in [0, 0.1) is 11.3 Å². The van der Waals surface area contributed by atoms with E-state index < -0.39 is 39.9 Å². The van der Waals surface area contributed by atoms with Crippen molar-refractivity contribution in [2.75, 3.05) is 13.1 Å². The normalized spacial score (nSPS) is 11.1. The monoisotopic (exact) mass is 331 g/mol. The van der Waals surface area contributed by atoms with Gasteiger partial charge in [0, 0.05) is 0 Å². The topological polar surface area (TPSA) is 142 Å². The first-order chi connectivity index (χ1) is 9.68. The molecule has 0 aromatic heterocycles. The largest absolute Gasteiger partial charge is 0.480 e. The van der Waals surface area contributed by atoms with E-state index in [0.29, 0.717) is 4.31 Å². The molecule has 112 valence electrons. The van der Waals surface area contributed by atoms with Crippen LogP contribution in [0.15, 0.2) is 23.1 Å². The number of carboxylic acids is 1. The SMILES string of the molecule is N#Cc1ccc(Cl)c(S(=O)(=O)N(CC(N)=O)CC(=O)O)c1. The second-order valence-corrected chi connectivity index (χ2v) is 6.20. The maximum atomic E-state index is 12.4. The molecule has 0 bridgehead atoms. The average Bonchev–Trinajstić information content (AvgIpc) is 2.37. The van der Waals surface area contributed by atoms with Crippen molar-refractivity contribution in [3.8, 4) is 6.07 Å². The summed E-state index contributed by atoms with van der Waals surface area (Å²) in [5.74, 6) is -2.49. The van der Waals surface area contributed by atoms with Gasteiger partial charge >= 0.3 is 5.97 Å². The van der Waals surface area contributed by atoms with E-state index in [1.165, 1.54) is 12.1 Å². The molecule has 3 N–H and O–H groups in total. The Balaban J connectivity index is 3.38. The van der Waals surface area contributed by atoms with E-state index in [4.69, 9.17) is 27.7 Å². The predicted molar refractivity (Wildman–Crippen MR) is 71.8 cm³/mol. The molecule has 0 aliphatic carbocycles. The van der Waals surface area contributed by atoms with E-state index in [1.807, 2.05) is 0 Å². The van der Waals surface area contributed by atoms with E-state index >= 15 is 0 Å². The van der Waals surface area contributed by atoms with E-state index in [2.05, 4.69) is 0 Å². The number of carboxylic acid groups (broad SMARTS) is 1. The van der Waals surface area contributed by atoms with Gasteiger partial charge in [0.2, 0.25) is 15.9 Å². The van der Waals surface area contributed by atoms with Gasteiger partial charge in [-0.15, -0.1) is 0 Å². The van der Waals surface area contributed by atoms with Crippen LogP contribution in [0.2, 0.25) is 5.02 Å². The Morgan fingerprint density at radius 1 is 1.38 bits per heavy atom. The van der Waals surface area contributed by atoms with E-state index in [0.717, 1.165) is 6.07 Å². The number of nitriles is 1. The first-order valence-electron chi connectivity index (χ1n) is 5.38. The Labute approximate surface area is 125 Å². The number of benzene rings is 1. The minimum atomic E-state index is -4.39. The third kappa shape index (κ3) is 4.16. The summed E-state index contributed by atoms with van der Waals surface area (Å²) < 4.78 is 25.1. The van der Waals surface area contributed by atoms with E-state index in [1.54, 1.807) is 6.07 Å². The Morgan fingerprint density at radius 2 is 2.00 bits per heavy atom. The number of carbonyl (C=O) groups excluding carboxylic acids is 1. The number of carbonyl (C=O) groups is 2. The molecule has 10 heteroatoms. The summed E-state index contributed by atoms with van der Waals surface area (Å²) in [6.45, 7) is -1.78. The Morgan fingerprint density at radius 3 is 2.48 bits per heavy atom. The maximum absolute atomic E-state index is 12.4. The maximum Gasteiger partial charge on any atom is 0.318 e. The number of aliphatic carboxylic acids is 1. The Bertz CT molecular complexity index is 710. The van der Waals surface area contributed by atoms with Crippen molar-refractivity contribution in [2.24, 2.45) is 5.73 Å². The summed E-state index contributed by atoms with van der Waals surface area (Å²) in [6.07, 6.45) is 0. The molecule has 0 radical (unpaired) electrons. The molecule has 21 heavy (non-hydrogen) atoms. The minimum absolute atomic E-state index is 0.0207. The van der Waals surface area contributed by atoms with Crippen molar-refractivity contribution in [3.05, 3.63) is 28.8 Å². The minimum Gasteiger partial charge on any atom is -0.480 e. The first-order valence-corrected chi connectivity index (χ1v) is 7.20. The number of sulfonamides is 1. The molecule has 0 aliphatic heterocycles. The standard InChI is InChI=1S/C11H10ClN3O5S/c12-8-2-1-7(4-13)3-9(8)21(19,20)15(5-10(14)16)6-11(17)18/h1-3H,5-6H2,(H2,14,16)(H,17,18). The summed E-state index contributed by atoms with van der Waals surface area (Å²) in [6, 6.07) is 5.22. The van der Waals surface area contributed by atoms with Crippen LogP contribution >= 0.6 is 11.6 Å². The molecular weight excluding hydrogens is 322 g/mol. The van der Waals surface area contributed by atoms with Gasteiger partial charge in [-0.05, 0) is 18.2 Å². The lowest BCUT2D eigenvalue weighted by molar-refractivity contribution is -0.137. The van der Waals surface area contributed by atoms with Crippen molar-refractivity contribution >= 4 is 33.5 Å². The van der Waals surface area contributed by atoms with Gasteiger partial charge in [0.1, 0.15) is 11.4 Å². The molecule has 0 aliphatic rings. The highest BCUT2D eigenvalue weighted by Gasteiger charge is 2.30. The van der Waals surface area contributed by atoms with Crippen LogP contribution in [0.25, 0.3) is 0 Å². The van der Waals surface area contributed by atoms with Crippen molar-refractivity contribution < 1.29 is 23.1 Å². The number of nitrogens with two attached hydrogens (primary N) is 1. The quantitative estimate of drug-likeness (QED) is 0.737. The highest BCUT2D eigenvalue weighted by Crippen LogP contribution is 2.25. The summed E-state index contributed by atoms with van der Waals surface area (Å²) in [4.78, 5) is 21.2.